The van der Waals surface area contributed by atoms with E-state index in [0.29, 0.717) is 16.3 Å². The number of amides is 2. The zero-order valence-corrected chi connectivity index (χ0v) is 13.8. The van der Waals surface area contributed by atoms with Crippen LogP contribution in [0.2, 0.25) is 5.02 Å². The average molecular weight is 347 g/mol. The van der Waals surface area contributed by atoms with Gasteiger partial charge in [-0.25, -0.2) is 4.79 Å². The van der Waals surface area contributed by atoms with Gasteiger partial charge >= 0.3 is 5.97 Å². The molecule has 2 amide bonds. The van der Waals surface area contributed by atoms with Gasteiger partial charge in [-0.2, -0.15) is 0 Å². The summed E-state index contributed by atoms with van der Waals surface area (Å²) in [4.78, 5) is 35.6. The Balaban J connectivity index is 2.27. The van der Waals surface area contributed by atoms with Gasteiger partial charge in [-0.15, -0.1) is 0 Å². The summed E-state index contributed by atoms with van der Waals surface area (Å²) in [6.45, 7) is 0. The van der Waals surface area contributed by atoms with Gasteiger partial charge in [0.15, 0.2) is 0 Å². The number of anilines is 1. The Kier molecular flexibility index (Phi) is 5.55. The molecule has 0 aliphatic heterocycles. The molecule has 2 aromatic rings. The topological polar surface area (TPSA) is 84.5 Å². The highest BCUT2D eigenvalue weighted by molar-refractivity contribution is 6.34. The lowest BCUT2D eigenvalue weighted by Gasteiger charge is -2.10. The fourth-order valence-electron chi connectivity index (χ4n) is 2.01. The molecule has 24 heavy (non-hydrogen) atoms. The van der Waals surface area contributed by atoms with E-state index in [-0.39, 0.29) is 17.0 Å². The van der Waals surface area contributed by atoms with Crippen molar-refractivity contribution in [1.82, 2.24) is 5.32 Å². The Labute approximate surface area is 143 Å². The van der Waals surface area contributed by atoms with Crippen molar-refractivity contribution in [3.8, 4) is 0 Å². The Morgan fingerprint density at radius 2 is 1.62 bits per heavy atom. The maximum Gasteiger partial charge on any atom is 0.337 e. The summed E-state index contributed by atoms with van der Waals surface area (Å²) >= 11 is 6.06. The van der Waals surface area contributed by atoms with Gasteiger partial charge in [0.05, 0.1) is 23.4 Å². The molecule has 0 saturated heterocycles. The van der Waals surface area contributed by atoms with Gasteiger partial charge in [0.1, 0.15) is 0 Å². The van der Waals surface area contributed by atoms with Crippen molar-refractivity contribution in [1.29, 1.82) is 0 Å². The van der Waals surface area contributed by atoms with E-state index in [9.17, 15) is 14.4 Å². The minimum Gasteiger partial charge on any atom is -0.465 e. The summed E-state index contributed by atoms with van der Waals surface area (Å²) in [7, 11) is 2.77. The standard InChI is InChI=1S/C17H15ClN2O4/c1-19-15(21)11-6-7-13(18)14(9-11)20-16(22)10-4-3-5-12(8-10)17(23)24-2/h3-9H,1-2H3,(H,19,21)(H,20,22). The van der Waals surface area contributed by atoms with Crippen LogP contribution in [0.5, 0.6) is 0 Å². The summed E-state index contributed by atoms with van der Waals surface area (Å²) in [5, 5.41) is 5.41. The third-order valence-corrected chi connectivity index (χ3v) is 3.58. The smallest absolute Gasteiger partial charge is 0.337 e. The summed E-state index contributed by atoms with van der Waals surface area (Å²) < 4.78 is 4.63. The Bertz CT molecular complexity index is 805. The number of rotatable bonds is 4. The molecule has 0 unspecified atom stereocenters. The quantitative estimate of drug-likeness (QED) is 0.834. The number of carbonyl (C=O) groups is 3. The molecule has 0 saturated carbocycles. The molecule has 0 bridgehead atoms. The van der Waals surface area contributed by atoms with Gasteiger partial charge in [-0.1, -0.05) is 17.7 Å². The number of hydrogen-bond donors (Lipinski definition) is 2. The molecule has 0 aromatic heterocycles. The lowest BCUT2D eigenvalue weighted by molar-refractivity contribution is 0.0600. The molecule has 2 N–H and O–H groups in total. The van der Waals surface area contributed by atoms with Crippen molar-refractivity contribution < 1.29 is 19.1 Å². The Morgan fingerprint density at radius 3 is 2.29 bits per heavy atom. The number of hydrogen-bond acceptors (Lipinski definition) is 4. The van der Waals surface area contributed by atoms with E-state index in [1.54, 1.807) is 24.3 Å². The van der Waals surface area contributed by atoms with Gasteiger partial charge in [0.25, 0.3) is 11.8 Å². The number of methoxy groups -OCH3 is 1. The Morgan fingerprint density at radius 1 is 0.958 bits per heavy atom. The normalized spacial score (nSPS) is 9.96. The maximum absolute atomic E-state index is 12.4. The number of carbonyl (C=O) groups excluding carboxylic acids is 3. The zero-order valence-electron chi connectivity index (χ0n) is 13.1. The van der Waals surface area contributed by atoms with Crippen LogP contribution < -0.4 is 10.6 Å². The fourth-order valence-corrected chi connectivity index (χ4v) is 2.17. The van der Waals surface area contributed by atoms with E-state index in [1.807, 2.05) is 0 Å². The van der Waals surface area contributed by atoms with Crippen LogP contribution in [0.25, 0.3) is 0 Å². The van der Waals surface area contributed by atoms with Crippen LogP contribution in [0.4, 0.5) is 5.69 Å². The lowest BCUT2D eigenvalue weighted by Crippen LogP contribution is -2.18. The predicted molar refractivity (Wildman–Crippen MR) is 90.6 cm³/mol. The maximum atomic E-state index is 12.4. The largest absolute Gasteiger partial charge is 0.465 e. The van der Waals surface area contributed by atoms with E-state index in [2.05, 4.69) is 15.4 Å². The number of halogens is 1. The first-order chi connectivity index (χ1) is 11.5. The molecule has 0 fully saturated rings. The second kappa shape index (κ2) is 7.61. The van der Waals surface area contributed by atoms with Gasteiger partial charge in [0.2, 0.25) is 0 Å². The van der Waals surface area contributed by atoms with Crippen LogP contribution >= 0.6 is 11.6 Å². The van der Waals surface area contributed by atoms with E-state index >= 15 is 0 Å². The molecule has 124 valence electrons. The van der Waals surface area contributed by atoms with E-state index < -0.39 is 11.9 Å². The second-order valence-corrected chi connectivity index (χ2v) is 5.21. The SMILES string of the molecule is CNC(=O)c1ccc(Cl)c(NC(=O)c2cccc(C(=O)OC)c2)c1. The van der Waals surface area contributed by atoms with Gasteiger partial charge in [-0.3, -0.25) is 9.59 Å². The highest BCUT2D eigenvalue weighted by atomic mass is 35.5. The van der Waals surface area contributed by atoms with Gasteiger partial charge < -0.3 is 15.4 Å². The van der Waals surface area contributed by atoms with Gasteiger partial charge in [0, 0.05) is 18.2 Å². The lowest BCUT2D eigenvalue weighted by atomic mass is 10.1. The number of esters is 1. The minimum absolute atomic E-state index is 0.260. The summed E-state index contributed by atoms with van der Waals surface area (Å²) in [5.41, 5.74) is 1.18. The first kappa shape index (κ1) is 17.5. The number of benzene rings is 2. The highest BCUT2D eigenvalue weighted by Crippen LogP contribution is 2.24. The molecule has 0 radical (unpaired) electrons. The summed E-state index contributed by atoms with van der Waals surface area (Å²) in [5.74, 6) is -1.30. The van der Waals surface area contributed by atoms with Crippen LogP contribution in [0, 0.1) is 0 Å². The molecule has 0 aliphatic rings. The van der Waals surface area contributed by atoms with Crippen molar-refractivity contribution in [2.45, 2.75) is 0 Å². The third-order valence-electron chi connectivity index (χ3n) is 3.25. The van der Waals surface area contributed by atoms with Crippen LogP contribution in [-0.4, -0.2) is 31.9 Å². The highest BCUT2D eigenvalue weighted by Gasteiger charge is 2.13. The second-order valence-electron chi connectivity index (χ2n) is 4.80. The minimum atomic E-state index is -0.538. The molecule has 0 aliphatic carbocycles. The van der Waals surface area contributed by atoms with Crippen molar-refractivity contribution in [2.75, 3.05) is 19.5 Å². The molecular weight excluding hydrogens is 332 g/mol. The fraction of sp³-hybridized carbons (Fsp3) is 0.118. The zero-order chi connectivity index (χ0) is 17.7. The van der Waals surface area contributed by atoms with Crippen molar-refractivity contribution in [2.24, 2.45) is 0 Å². The summed E-state index contributed by atoms with van der Waals surface area (Å²) in [6, 6.07) is 10.6. The molecule has 2 aromatic carbocycles. The predicted octanol–water partition coefficient (Wildman–Crippen LogP) is 2.74. The van der Waals surface area contributed by atoms with Crippen LogP contribution in [0.3, 0.4) is 0 Å². The molecule has 0 heterocycles. The molecule has 6 nitrogen and oxygen atoms in total. The van der Waals surface area contributed by atoms with Crippen molar-refractivity contribution >= 4 is 35.1 Å². The van der Waals surface area contributed by atoms with Crippen LogP contribution in [-0.2, 0) is 4.74 Å². The molecule has 0 atom stereocenters. The molecule has 0 spiro atoms. The molecular formula is C17H15ClN2O4. The average Bonchev–Trinajstić information content (AvgIpc) is 2.62. The Hall–Kier alpha value is -2.86. The number of nitrogens with one attached hydrogen (secondary N) is 2. The monoisotopic (exact) mass is 346 g/mol. The van der Waals surface area contributed by atoms with E-state index in [0.717, 1.165) is 0 Å². The summed E-state index contributed by atoms with van der Waals surface area (Å²) in [6.07, 6.45) is 0. The molecule has 2 rings (SSSR count). The van der Waals surface area contributed by atoms with Crippen molar-refractivity contribution in [3.05, 3.63) is 64.2 Å². The van der Waals surface area contributed by atoms with E-state index in [1.165, 1.54) is 32.4 Å². The number of ether oxygens (including phenoxy) is 1. The first-order valence-corrected chi connectivity index (χ1v) is 7.35. The first-order valence-electron chi connectivity index (χ1n) is 6.97. The van der Waals surface area contributed by atoms with Crippen LogP contribution in [0.15, 0.2) is 42.5 Å². The third kappa shape index (κ3) is 3.91. The van der Waals surface area contributed by atoms with Gasteiger partial charge in [-0.05, 0) is 36.4 Å². The molecule has 7 heteroatoms. The van der Waals surface area contributed by atoms with Crippen molar-refractivity contribution in [3.63, 3.8) is 0 Å². The van der Waals surface area contributed by atoms with Crippen LogP contribution in [0.1, 0.15) is 31.1 Å². The van der Waals surface area contributed by atoms with E-state index in [4.69, 9.17) is 11.6 Å².